The summed E-state index contributed by atoms with van der Waals surface area (Å²) >= 11 is 0. The van der Waals surface area contributed by atoms with Crippen molar-refractivity contribution in [3.05, 3.63) is 92.5 Å². The first-order chi connectivity index (χ1) is 16.7. The maximum Gasteiger partial charge on any atom is 0.416 e. The molecule has 0 amide bonds. The van der Waals surface area contributed by atoms with Gasteiger partial charge in [-0.2, -0.15) is 17.6 Å². The Morgan fingerprint density at radius 2 is 1.71 bits per heavy atom. The van der Waals surface area contributed by atoms with E-state index >= 15 is 0 Å². The van der Waals surface area contributed by atoms with E-state index in [0.717, 1.165) is 50.5 Å². The highest BCUT2D eigenvalue weighted by atomic mass is 19.4. The molecule has 0 radical (unpaired) electrons. The molecule has 3 aromatic rings. The van der Waals surface area contributed by atoms with Crippen LogP contribution in [-0.2, 0) is 18.1 Å². The van der Waals surface area contributed by atoms with Crippen LogP contribution in [0.4, 0.5) is 17.6 Å². The van der Waals surface area contributed by atoms with Gasteiger partial charge in [-0.15, -0.1) is 0 Å². The smallest absolute Gasteiger partial charge is 0.315 e. The number of fused-ring (bicyclic) bond motifs is 1. The molecule has 5 rings (SSSR count). The van der Waals surface area contributed by atoms with Crippen LogP contribution in [0.1, 0.15) is 30.4 Å². The van der Waals surface area contributed by atoms with Crippen LogP contribution in [0.15, 0.2) is 64.3 Å². The summed E-state index contributed by atoms with van der Waals surface area (Å²) in [5, 5.41) is 0. The number of halogens is 4. The number of nitrogens with zero attached hydrogens (tertiary/aromatic N) is 2. The third-order valence-electron chi connectivity index (χ3n) is 7.31. The number of aromatic amines is 1. The van der Waals surface area contributed by atoms with Gasteiger partial charge in [-0.25, -0.2) is 0 Å². The third kappa shape index (κ3) is 4.57. The monoisotopic (exact) mass is 487 g/mol. The molecule has 2 aliphatic rings. The number of aromatic nitrogens is 2. The van der Waals surface area contributed by atoms with Gasteiger partial charge in [0.25, 0.3) is 11.1 Å². The van der Waals surface area contributed by atoms with Crippen LogP contribution >= 0.6 is 0 Å². The topological polar surface area (TPSA) is 58.1 Å². The Kier molecular flexibility index (Phi) is 5.91. The number of rotatable bonds is 7. The first kappa shape index (κ1) is 23.5. The number of hydrogen-bond donors (Lipinski definition) is 1. The van der Waals surface area contributed by atoms with Gasteiger partial charge in [-0.05, 0) is 73.7 Å². The Labute approximate surface area is 199 Å². The first-order valence-electron chi connectivity index (χ1n) is 11.7. The van der Waals surface area contributed by atoms with E-state index < -0.39 is 23.2 Å². The van der Waals surface area contributed by atoms with Gasteiger partial charge >= 0.3 is 6.18 Å². The molecule has 35 heavy (non-hydrogen) atoms. The van der Waals surface area contributed by atoms with Crippen LogP contribution in [-0.4, -0.2) is 34.1 Å². The maximum atomic E-state index is 13.2. The Hall–Kier alpha value is -3.20. The summed E-state index contributed by atoms with van der Waals surface area (Å²) in [6.45, 7) is 3.12. The molecular weight excluding hydrogens is 462 g/mol. The van der Waals surface area contributed by atoms with Crippen molar-refractivity contribution in [1.29, 1.82) is 0 Å². The molecule has 1 saturated heterocycles. The summed E-state index contributed by atoms with van der Waals surface area (Å²) in [5.74, 6) is -0.276. The molecule has 9 heteroatoms. The van der Waals surface area contributed by atoms with Gasteiger partial charge in [0.2, 0.25) is 0 Å². The van der Waals surface area contributed by atoms with Crippen LogP contribution in [0.2, 0.25) is 0 Å². The summed E-state index contributed by atoms with van der Waals surface area (Å²) in [6, 6.07) is 11.3. The van der Waals surface area contributed by atoms with Crippen molar-refractivity contribution < 1.29 is 17.6 Å². The summed E-state index contributed by atoms with van der Waals surface area (Å²) in [5.41, 5.74) is -0.243. The van der Waals surface area contributed by atoms with Crippen molar-refractivity contribution in [2.45, 2.75) is 37.4 Å². The van der Waals surface area contributed by atoms with Gasteiger partial charge in [0.1, 0.15) is 0 Å². The number of benzene rings is 1. The number of alkyl halides is 3. The molecule has 0 bridgehead atoms. The lowest BCUT2D eigenvalue weighted by Gasteiger charge is -2.21. The molecule has 3 heterocycles. The standard InChI is InChI=1S/C26H25F4N3O2/c27-22-10-9-20(23(34)31-22)21-4-3-13-33(24(21)35)12-2-1-11-32-15-19-14-25(19,16-32)17-5-7-18(8-6-17)26(28,29)30/h3-10,13,19H,1-2,11-12,14-16H2,(H,31,34)/t19-,25-/m0/s1. The number of aryl methyl sites for hydroxylation is 1. The van der Waals surface area contributed by atoms with Crippen LogP contribution in [0, 0.1) is 11.9 Å². The van der Waals surface area contributed by atoms with E-state index in [2.05, 4.69) is 9.88 Å². The van der Waals surface area contributed by atoms with E-state index in [1.165, 1.54) is 18.2 Å². The molecule has 2 fully saturated rings. The van der Waals surface area contributed by atoms with E-state index in [9.17, 15) is 27.2 Å². The molecule has 2 aromatic heterocycles. The summed E-state index contributed by atoms with van der Waals surface area (Å²) in [6.07, 6.45) is -0.00791. The molecule has 0 unspecified atom stereocenters. The minimum atomic E-state index is -4.32. The maximum absolute atomic E-state index is 13.2. The average molecular weight is 487 g/mol. The second-order valence-corrected chi connectivity index (χ2v) is 9.54. The summed E-state index contributed by atoms with van der Waals surface area (Å²) in [7, 11) is 0. The SMILES string of the molecule is O=c1[nH]c(F)ccc1-c1cccn(CCCCN2C[C@@H]3C[C@@]3(c3ccc(C(F)(F)F)cc3)C2)c1=O. The van der Waals surface area contributed by atoms with Crippen molar-refractivity contribution in [1.82, 2.24) is 14.5 Å². The fraction of sp³-hybridized carbons (Fsp3) is 0.385. The number of nitrogens with one attached hydrogen (secondary N) is 1. The number of H-pyrrole nitrogens is 1. The fourth-order valence-corrected chi connectivity index (χ4v) is 5.39. The predicted molar refractivity (Wildman–Crippen MR) is 124 cm³/mol. The third-order valence-corrected chi connectivity index (χ3v) is 7.31. The van der Waals surface area contributed by atoms with Crippen LogP contribution in [0.5, 0.6) is 0 Å². The molecule has 1 aliphatic carbocycles. The zero-order valence-electron chi connectivity index (χ0n) is 18.9. The molecule has 184 valence electrons. The van der Waals surface area contributed by atoms with E-state index in [4.69, 9.17) is 0 Å². The lowest BCUT2D eigenvalue weighted by molar-refractivity contribution is -0.137. The molecule has 1 aromatic carbocycles. The van der Waals surface area contributed by atoms with Gasteiger partial charge in [0.05, 0.1) is 16.7 Å². The number of hydrogen-bond acceptors (Lipinski definition) is 3. The number of unbranched alkanes of at least 4 members (excludes halogenated alkanes) is 1. The highest BCUT2D eigenvalue weighted by Gasteiger charge is 2.60. The molecule has 1 N–H and O–H groups in total. The Bertz CT molecular complexity index is 1350. The van der Waals surface area contributed by atoms with Crippen LogP contribution in [0.3, 0.4) is 0 Å². The van der Waals surface area contributed by atoms with Crippen LogP contribution < -0.4 is 11.1 Å². The normalized spacial score (nSPS) is 21.8. The lowest BCUT2D eigenvalue weighted by atomic mass is 9.94. The Morgan fingerprint density at radius 3 is 2.43 bits per heavy atom. The van der Waals surface area contributed by atoms with Crippen molar-refractivity contribution in [2.24, 2.45) is 5.92 Å². The Balaban J connectivity index is 1.16. The van der Waals surface area contributed by atoms with E-state index in [1.807, 2.05) is 0 Å². The average Bonchev–Trinajstić information content (AvgIpc) is 3.39. The molecule has 1 saturated carbocycles. The zero-order valence-corrected chi connectivity index (χ0v) is 18.9. The lowest BCUT2D eigenvalue weighted by Crippen LogP contribution is -2.28. The summed E-state index contributed by atoms with van der Waals surface area (Å²) in [4.78, 5) is 29.3. The fourth-order valence-electron chi connectivity index (χ4n) is 5.39. The molecule has 2 atom stereocenters. The molecular formula is C26H25F4N3O2. The first-order valence-corrected chi connectivity index (χ1v) is 11.7. The number of pyridine rings is 2. The molecule has 5 nitrogen and oxygen atoms in total. The van der Waals surface area contributed by atoms with Crippen molar-refractivity contribution in [3.8, 4) is 11.1 Å². The quantitative estimate of drug-likeness (QED) is 0.305. The highest BCUT2D eigenvalue weighted by molar-refractivity contribution is 5.60. The minimum absolute atomic E-state index is 0.0301. The van der Waals surface area contributed by atoms with Gasteiger partial charge < -0.3 is 9.47 Å². The molecule has 1 aliphatic heterocycles. The zero-order chi connectivity index (χ0) is 24.8. The van der Waals surface area contributed by atoms with Gasteiger partial charge in [-0.1, -0.05) is 12.1 Å². The van der Waals surface area contributed by atoms with E-state index in [1.54, 1.807) is 35.0 Å². The number of piperidine rings is 1. The van der Waals surface area contributed by atoms with Crippen molar-refractivity contribution in [2.75, 3.05) is 19.6 Å². The number of likely N-dealkylation sites (tertiary alicyclic amines) is 1. The van der Waals surface area contributed by atoms with Gasteiger partial charge in [0, 0.05) is 31.2 Å². The van der Waals surface area contributed by atoms with E-state index in [0.29, 0.717) is 12.5 Å². The largest absolute Gasteiger partial charge is 0.416 e. The predicted octanol–water partition coefficient (Wildman–Crippen LogP) is 4.42. The van der Waals surface area contributed by atoms with Crippen LogP contribution in [0.25, 0.3) is 11.1 Å². The summed E-state index contributed by atoms with van der Waals surface area (Å²) < 4.78 is 53.4. The molecule has 0 spiro atoms. The van der Waals surface area contributed by atoms with Crippen molar-refractivity contribution >= 4 is 0 Å². The Morgan fingerprint density at radius 1 is 0.971 bits per heavy atom. The highest BCUT2D eigenvalue weighted by Crippen LogP contribution is 2.59. The van der Waals surface area contributed by atoms with Crippen molar-refractivity contribution in [3.63, 3.8) is 0 Å². The van der Waals surface area contributed by atoms with E-state index in [-0.39, 0.29) is 22.1 Å². The second-order valence-electron chi connectivity index (χ2n) is 9.54. The van der Waals surface area contributed by atoms with Gasteiger partial charge in [0.15, 0.2) is 5.95 Å². The minimum Gasteiger partial charge on any atom is -0.315 e. The van der Waals surface area contributed by atoms with Gasteiger partial charge in [-0.3, -0.25) is 14.6 Å². The second kappa shape index (κ2) is 8.78.